The molecule has 2 nitrogen and oxygen atoms in total. The molecule has 0 spiro atoms. The molecule has 2 aromatic rings. The fourth-order valence-corrected chi connectivity index (χ4v) is 2.11. The van der Waals surface area contributed by atoms with E-state index in [4.69, 9.17) is 4.74 Å². The van der Waals surface area contributed by atoms with Crippen molar-refractivity contribution >= 4 is 0 Å². The second-order valence-electron chi connectivity index (χ2n) is 5.49. The first-order chi connectivity index (χ1) is 11.7. The van der Waals surface area contributed by atoms with E-state index in [0.717, 1.165) is 31.2 Å². The van der Waals surface area contributed by atoms with Gasteiger partial charge in [0.1, 0.15) is 5.69 Å². The van der Waals surface area contributed by atoms with Gasteiger partial charge >= 0.3 is 0 Å². The molecule has 0 aliphatic heterocycles. The summed E-state index contributed by atoms with van der Waals surface area (Å²) in [5, 5.41) is 0. The molecule has 1 aromatic carbocycles. The Kier molecular flexibility index (Phi) is 6.74. The van der Waals surface area contributed by atoms with Gasteiger partial charge in [0, 0.05) is 6.20 Å². The monoisotopic (exact) mass is 329 g/mol. The summed E-state index contributed by atoms with van der Waals surface area (Å²) in [6.07, 6.45) is 5.73. The normalized spacial score (nSPS) is 10.2. The Morgan fingerprint density at radius 1 is 1.00 bits per heavy atom. The van der Waals surface area contributed by atoms with Crippen LogP contribution in [0.1, 0.15) is 49.9 Å². The van der Waals surface area contributed by atoms with Gasteiger partial charge < -0.3 is 4.74 Å². The Morgan fingerprint density at radius 2 is 1.83 bits per heavy atom. The van der Waals surface area contributed by atoms with Crippen LogP contribution >= 0.6 is 0 Å². The van der Waals surface area contributed by atoms with Gasteiger partial charge in [-0.1, -0.05) is 32.3 Å². The van der Waals surface area contributed by atoms with Crippen molar-refractivity contribution in [3.63, 3.8) is 0 Å². The van der Waals surface area contributed by atoms with E-state index >= 15 is 0 Å². The summed E-state index contributed by atoms with van der Waals surface area (Å²) in [6.45, 7) is 4.38. The minimum atomic E-state index is -1.00. The first-order valence-corrected chi connectivity index (χ1v) is 8.23. The molecule has 0 N–H and O–H groups in total. The third-order valence-electron chi connectivity index (χ3n) is 3.48. The number of unbranched alkanes of at least 4 members (excludes halogenated alkanes) is 1. The highest BCUT2D eigenvalue weighted by molar-refractivity contribution is 5.44. The van der Waals surface area contributed by atoms with Crippen LogP contribution in [0.4, 0.5) is 8.78 Å². The zero-order chi connectivity index (χ0) is 17.4. The SMILES string of the molecule is CCCCc1ccc(C#Cc2ccc(OCCC)c(F)c2F)nc1. The molecule has 4 heteroatoms. The van der Waals surface area contributed by atoms with Gasteiger partial charge in [0.15, 0.2) is 11.6 Å². The van der Waals surface area contributed by atoms with Crippen LogP contribution in [0.5, 0.6) is 5.75 Å². The highest BCUT2D eigenvalue weighted by Gasteiger charge is 2.13. The van der Waals surface area contributed by atoms with Crippen molar-refractivity contribution in [3.8, 4) is 17.6 Å². The van der Waals surface area contributed by atoms with Crippen molar-refractivity contribution in [3.05, 3.63) is 58.9 Å². The lowest BCUT2D eigenvalue weighted by Gasteiger charge is -2.06. The molecule has 2 rings (SSSR count). The summed E-state index contributed by atoms with van der Waals surface area (Å²) in [4.78, 5) is 4.24. The molecular weight excluding hydrogens is 308 g/mol. The van der Waals surface area contributed by atoms with E-state index in [1.807, 2.05) is 13.0 Å². The van der Waals surface area contributed by atoms with Crippen LogP contribution in [-0.2, 0) is 6.42 Å². The number of rotatable bonds is 6. The van der Waals surface area contributed by atoms with Crippen LogP contribution in [0.3, 0.4) is 0 Å². The first kappa shape index (κ1) is 17.9. The van der Waals surface area contributed by atoms with Crippen LogP contribution in [0, 0.1) is 23.5 Å². The first-order valence-electron chi connectivity index (χ1n) is 8.23. The number of pyridine rings is 1. The fraction of sp³-hybridized carbons (Fsp3) is 0.350. The van der Waals surface area contributed by atoms with E-state index in [1.165, 1.54) is 12.1 Å². The zero-order valence-electron chi connectivity index (χ0n) is 14.0. The molecule has 126 valence electrons. The summed E-state index contributed by atoms with van der Waals surface area (Å²) in [5.41, 5.74) is 1.67. The molecule has 0 atom stereocenters. The summed E-state index contributed by atoms with van der Waals surface area (Å²) < 4.78 is 33.1. The molecule has 0 aliphatic carbocycles. The van der Waals surface area contributed by atoms with E-state index < -0.39 is 11.6 Å². The minimum Gasteiger partial charge on any atom is -0.490 e. The number of aromatic nitrogens is 1. The fourth-order valence-electron chi connectivity index (χ4n) is 2.11. The molecule has 0 radical (unpaired) electrons. The Morgan fingerprint density at radius 3 is 2.50 bits per heavy atom. The Bertz CT molecular complexity index is 730. The number of hydrogen-bond donors (Lipinski definition) is 0. The molecule has 0 aliphatic rings. The van der Waals surface area contributed by atoms with E-state index in [1.54, 1.807) is 12.3 Å². The molecule has 1 heterocycles. The molecule has 0 saturated heterocycles. The van der Waals surface area contributed by atoms with Crippen LogP contribution in [-0.4, -0.2) is 11.6 Å². The number of ether oxygens (including phenoxy) is 1. The highest BCUT2D eigenvalue weighted by Crippen LogP contribution is 2.22. The van der Waals surface area contributed by atoms with Crippen molar-refractivity contribution < 1.29 is 13.5 Å². The van der Waals surface area contributed by atoms with Gasteiger partial charge in [0.05, 0.1) is 12.2 Å². The highest BCUT2D eigenvalue weighted by atomic mass is 19.2. The zero-order valence-corrected chi connectivity index (χ0v) is 14.0. The molecule has 24 heavy (non-hydrogen) atoms. The maximum Gasteiger partial charge on any atom is 0.201 e. The van der Waals surface area contributed by atoms with Gasteiger partial charge in [-0.3, -0.25) is 0 Å². The Hall–Kier alpha value is -2.41. The minimum absolute atomic E-state index is 0.00629. The molecule has 0 unspecified atom stereocenters. The van der Waals surface area contributed by atoms with Crippen molar-refractivity contribution in [1.29, 1.82) is 0 Å². The third-order valence-corrected chi connectivity index (χ3v) is 3.48. The van der Waals surface area contributed by atoms with Gasteiger partial charge in [0.2, 0.25) is 5.82 Å². The lowest BCUT2D eigenvalue weighted by molar-refractivity contribution is 0.295. The number of halogens is 2. The summed E-state index contributed by atoms with van der Waals surface area (Å²) >= 11 is 0. The lowest BCUT2D eigenvalue weighted by atomic mass is 10.1. The molecule has 1 aromatic heterocycles. The standard InChI is InChI=1S/C20H21F2NO/c1-3-5-6-15-7-10-17(23-14-15)11-8-16-9-12-18(24-13-4-2)20(22)19(16)21/h7,9-10,12,14H,3-6,13H2,1-2H3. The van der Waals surface area contributed by atoms with E-state index in [9.17, 15) is 8.78 Å². The maximum atomic E-state index is 14.0. The Labute approximate surface area is 141 Å². The predicted octanol–water partition coefficient (Wildman–Crippen LogP) is 4.89. The predicted molar refractivity (Wildman–Crippen MR) is 91.0 cm³/mol. The van der Waals surface area contributed by atoms with E-state index in [-0.39, 0.29) is 11.3 Å². The summed E-state index contributed by atoms with van der Waals surface area (Å²) in [5.74, 6) is 3.32. The average molecular weight is 329 g/mol. The smallest absolute Gasteiger partial charge is 0.201 e. The second-order valence-corrected chi connectivity index (χ2v) is 5.49. The number of hydrogen-bond acceptors (Lipinski definition) is 2. The molecule has 0 fully saturated rings. The lowest BCUT2D eigenvalue weighted by Crippen LogP contribution is -2.00. The third kappa shape index (κ3) is 4.79. The molecule has 0 bridgehead atoms. The quantitative estimate of drug-likeness (QED) is 0.704. The Balaban J connectivity index is 2.14. The number of aryl methyl sites for hydroxylation is 1. The number of nitrogens with zero attached hydrogens (tertiary/aromatic N) is 1. The van der Waals surface area contributed by atoms with Crippen molar-refractivity contribution in [2.24, 2.45) is 0 Å². The molecular formula is C20H21F2NO. The molecule has 0 saturated carbocycles. The van der Waals surface area contributed by atoms with E-state index in [2.05, 4.69) is 23.7 Å². The van der Waals surface area contributed by atoms with Gasteiger partial charge in [-0.25, -0.2) is 9.37 Å². The second kappa shape index (κ2) is 9.02. The van der Waals surface area contributed by atoms with Crippen molar-refractivity contribution in [1.82, 2.24) is 4.98 Å². The van der Waals surface area contributed by atoms with Gasteiger partial charge in [0.25, 0.3) is 0 Å². The largest absolute Gasteiger partial charge is 0.490 e. The summed E-state index contributed by atoms with van der Waals surface area (Å²) in [6, 6.07) is 6.58. The van der Waals surface area contributed by atoms with Crippen LogP contribution in [0.25, 0.3) is 0 Å². The maximum absolute atomic E-state index is 14.0. The molecule has 0 amide bonds. The average Bonchev–Trinajstić information content (AvgIpc) is 2.61. The van der Waals surface area contributed by atoms with Crippen molar-refractivity contribution in [2.75, 3.05) is 6.61 Å². The summed E-state index contributed by atoms with van der Waals surface area (Å²) in [7, 11) is 0. The van der Waals surface area contributed by atoms with Crippen molar-refractivity contribution in [2.45, 2.75) is 39.5 Å². The topological polar surface area (TPSA) is 22.1 Å². The number of benzene rings is 1. The van der Waals surface area contributed by atoms with Gasteiger partial charge in [-0.2, -0.15) is 4.39 Å². The van der Waals surface area contributed by atoms with E-state index in [0.29, 0.717) is 12.3 Å². The van der Waals surface area contributed by atoms with Crippen LogP contribution in [0.2, 0.25) is 0 Å². The van der Waals surface area contributed by atoms with Crippen LogP contribution < -0.4 is 4.74 Å². The van der Waals surface area contributed by atoms with Crippen LogP contribution in [0.15, 0.2) is 30.5 Å². The van der Waals surface area contributed by atoms with Gasteiger partial charge in [-0.05, 0) is 48.9 Å². The van der Waals surface area contributed by atoms with Gasteiger partial charge in [-0.15, -0.1) is 0 Å².